The first-order valence-corrected chi connectivity index (χ1v) is 6.13. The second kappa shape index (κ2) is 5.64. The van der Waals surface area contributed by atoms with E-state index in [4.69, 9.17) is 10.8 Å². The number of aliphatic hydroxyl groups is 1. The van der Waals surface area contributed by atoms with Gasteiger partial charge in [0.2, 0.25) is 5.91 Å². The van der Waals surface area contributed by atoms with Crippen molar-refractivity contribution in [1.29, 1.82) is 0 Å². The Bertz CT molecular complexity index is 234. The van der Waals surface area contributed by atoms with E-state index in [1.807, 2.05) is 18.7 Å². The van der Waals surface area contributed by atoms with Gasteiger partial charge in [-0.2, -0.15) is 0 Å². The standard InChI is InChI=1S/C12H24N2O2/c1-12(2,13)9-11(16)14-7-4-3-5-10(14)6-8-15/h10,15H,3-9,13H2,1-2H3. The lowest BCUT2D eigenvalue weighted by atomic mass is 9.96. The minimum atomic E-state index is -0.446. The molecule has 16 heavy (non-hydrogen) atoms. The highest BCUT2D eigenvalue weighted by Crippen LogP contribution is 2.21. The Morgan fingerprint density at radius 2 is 2.19 bits per heavy atom. The van der Waals surface area contributed by atoms with E-state index < -0.39 is 5.54 Å². The first-order valence-electron chi connectivity index (χ1n) is 6.13. The van der Waals surface area contributed by atoms with Crippen LogP contribution in [0.1, 0.15) is 46.0 Å². The van der Waals surface area contributed by atoms with Gasteiger partial charge in [0.15, 0.2) is 0 Å². The number of likely N-dealkylation sites (tertiary alicyclic amines) is 1. The Hall–Kier alpha value is -0.610. The molecule has 1 heterocycles. The van der Waals surface area contributed by atoms with Crippen LogP contribution in [0.2, 0.25) is 0 Å². The monoisotopic (exact) mass is 228 g/mol. The molecule has 0 radical (unpaired) electrons. The summed E-state index contributed by atoms with van der Waals surface area (Å²) in [5.74, 6) is 0.130. The van der Waals surface area contributed by atoms with Crippen LogP contribution >= 0.6 is 0 Å². The van der Waals surface area contributed by atoms with E-state index in [2.05, 4.69) is 0 Å². The van der Waals surface area contributed by atoms with Crippen molar-refractivity contribution >= 4 is 5.91 Å². The largest absolute Gasteiger partial charge is 0.396 e. The number of piperidine rings is 1. The molecule has 1 rings (SSSR count). The molecule has 0 aromatic carbocycles. The Morgan fingerprint density at radius 1 is 1.50 bits per heavy atom. The maximum atomic E-state index is 12.1. The summed E-state index contributed by atoms with van der Waals surface area (Å²) < 4.78 is 0. The second-order valence-electron chi connectivity index (χ2n) is 5.41. The van der Waals surface area contributed by atoms with Crippen LogP contribution < -0.4 is 5.73 Å². The minimum Gasteiger partial charge on any atom is -0.396 e. The van der Waals surface area contributed by atoms with Gasteiger partial charge in [-0.25, -0.2) is 0 Å². The van der Waals surface area contributed by atoms with E-state index in [0.29, 0.717) is 12.8 Å². The normalized spacial score (nSPS) is 22.2. The highest BCUT2D eigenvalue weighted by atomic mass is 16.3. The predicted molar refractivity (Wildman–Crippen MR) is 63.9 cm³/mol. The summed E-state index contributed by atoms with van der Waals surface area (Å²) in [6, 6.07) is 0.216. The third-order valence-corrected chi connectivity index (χ3v) is 3.02. The molecule has 94 valence electrons. The molecular weight excluding hydrogens is 204 g/mol. The molecule has 3 N–H and O–H groups in total. The van der Waals surface area contributed by atoms with Crippen molar-refractivity contribution in [2.75, 3.05) is 13.2 Å². The zero-order chi connectivity index (χ0) is 12.2. The van der Waals surface area contributed by atoms with Crippen LogP contribution in [0.5, 0.6) is 0 Å². The molecule has 4 heteroatoms. The van der Waals surface area contributed by atoms with Crippen molar-refractivity contribution in [2.45, 2.75) is 57.5 Å². The van der Waals surface area contributed by atoms with Gasteiger partial charge in [0, 0.05) is 31.2 Å². The van der Waals surface area contributed by atoms with Gasteiger partial charge in [-0.15, -0.1) is 0 Å². The third kappa shape index (κ3) is 4.10. The Balaban J connectivity index is 2.57. The van der Waals surface area contributed by atoms with Crippen LogP contribution in [0.25, 0.3) is 0 Å². The summed E-state index contributed by atoms with van der Waals surface area (Å²) in [7, 11) is 0. The third-order valence-electron chi connectivity index (χ3n) is 3.02. The maximum Gasteiger partial charge on any atom is 0.224 e. The van der Waals surface area contributed by atoms with Gasteiger partial charge >= 0.3 is 0 Å². The minimum absolute atomic E-state index is 0.130. The average molecular weight is 228 g/mol. The summed E-state index contributed by atoms with van der Waals surface area (Å²) >= 11 is 0. The van der Waals surface area contributed by atoms with Crippen LogP contribution in [0.4, 0.5) is 0 Å². The molecule has 4 nitrogen and oxygen atoms in total. The molecule has 0 aliphatic carbocycles. The summed E-state index contributed by atoms with van der Waals surface area (Å²) in [5, 5.41) is 8.99. The van der Waals surface area contributed by atoms with Crippen LogP contribution in [-0.2, 0) is 4.79 Å². The molecular formula is C12H24N2O2. The summed E-state index contributed by atoms with van der Waals surface area (Å²) in [6.45, 7) is 4.71. The molecule has 1 atom stereocenters. The smallest absolute Gasteiger partial charge is 0.224 e. The Kier molecular flexibility index (Phi) is 4.74. The number of nitrogens with two attached hydrogens (primary N) is 1. The van der Waals surface area contributed by atoms with Gasteiger partial charge in [0.05, 0.1) is 0 Å². The second-order valence-corrected chi connectivity index (χ2v) is 5.41. The average Bonchev–Trinajstić information content (AvgIpc) is 2.16. The summed E-state index contributed by atoms with van der Waals surface area (Å²) in [4.78, 5) is 14.0. The van der Waals surface area contributed by atoms with E-state index in [9.17, 15) is 4.79 Å². The molecule has 1 aliphatic rings. The van der Waals surface area contributed by atoms with Crippen molar-refractivity contribution in [3.8, 4) is 0 Å². The van der Waals surface area contributed by atoms with Gasteiger partial charge in [-0.1, -0.05) is 0 Å². The number of carbonyl (C=O) groups is 1. The molecule has 0 spiro atoms. The SMILES string of the molecule is CC(C)(N)CC(=O)N1CCCCC1CCO. The van der Waals surface area contributed by atoms with E-state index >= 15 is 0 Å². The molecule has 0 aromatic rings. The topological polar surface area (TPSA) is 66.6 Å². The van der Waals surface area contributed by atoms with Crippen LogP contribution in [0, 0.1) is 0 Å². The molecule has 0 aromatic heterocycles. The highest BCUT2D eigenvalue weighted by molar-refractivity contribution is 5.77. The molecule has 1 fully saturated rings. The number of aliphatic hydroxyl groups excluding tert-OH is 1. The molecule has 1 saturated heterocycles. The van der Waals surface area contributed by atoms with Gasteiger partial charge in [-0.3, -0.25) is 4.79 Å². The lowest BCUT2D eigenvalue weighted by Gasteiger charge is -2.37. The molecule has 1 unspecified atom stereocenters. The van der Waals surface area contributed by atoms with E-state index in [-0.39, 0.29) is 18.6 Å². The molecule has 1 aliphatic heterocycles. The fraction of sp³-hybridized carbons (Fsp3) is 0.917. The van der Waals surface area contributed by atoms with Gasteiger partial charge < -0.3 is 15.7 Å². The highest BCUT2D eigenvalue weighted by Gasteiger charge is 2.28. The van der Waals surface area contributed by atoms with E-state index in [1.165, 1.54) is 0 Å². The first-order chi connectivity index (χ1) is 7.44. The lowest BCUT2D eigenvalue weighted by molar-refractivity contribution is -0.136. The number of rotatable bonds is 4. The Labute approximate surface area is 97.8 Å². The van der Waals surface area contributed by atoms with Gasteiger partial charge in [-0.05, 0) is 39.5 Å². The zero-order valence-electron chi connectivity index (χ0n) is 10.4. The summed E-state index contributed by atoms with van der Waals surface area (Å²) in [5.41, 5.74) is 5.42. The summed E-state index contributed by atoms with van der Waals surface area (Å²) in [6.07, 6.45) is 4.31. The van der Waals surface area contributed by atoms with Gasteiger partial charge in [0.1, 0.15) is 0 Å². The van der Waals surface area contributed by atoms with E-state index in [1.54, 1.807) is 0 Å². The zero-order valence-corrected chi connectivity index (χ0v) is 10.4. The van der Waals surface area contributed by atoms with Crippen LogP contribution in [-0.4, -0.2) is 40.6 Å². The Morgan fingerprint density at radius 3 is 2.75 bits per heavy atom. The maximum absolute atomic E-state index is 12.1. The fourth-order valence-corrected chi connectivity index (χ4v) is 2.27. The first kappa shape index (κ1) is 13.5. The molecule has 1 amide bonds. The van der Waals surface area contributed by atoms with Crippen molar-refractivity contribution in [3.63, 3.8) is 0 Å². The number of carbonyl (C=O) groups excluding carboxylic acids is 1. The quantitative estimate of drug-likeness (QED) is 0.750. The van der Waals surface area contributed by atoms with Crippen LogP contribution in [0.3, 0.4) is 0 Å². The molecule has 0 saturated carbocycles. The van der Waals surface area contributed by atoms with Crippen molar-refractivity contribution in [2.24, 2.45) is 5.73 Å². The number of amides is 1. The molecule has 0 bridgehead atoms. The number of hydrogen-bond acceptors (Lipinski definition) is 3. The lowest BCUT2D eigenvalue weighted by Crippen LogP contribution is -2.48. The number of hydrogen-bond donors (Lipinski definition) is 2. The van der Waals surface area contributed by atoms with Crippen molar-refractivity contribution < 1.29 is 9.90 Å². The van der Waals surface area contributed by atoms with Crippen molar-refractivity contribution in [3.05, 3.63) is 0 Å². The number of nitrogens with zero attached hydrogens (tertiary/aromatic N) is 1. The van der Waals surface area contributed by atoms with E-state index in [0.717, 1.165) is 25.8 Å². The predicted octanol–water partition coefficient (Wildman–Crippen LogP) is 0.877. The van der Waals surface area contributed by atoms with Gasteiger partial charge in [0.25, 0.3) is 0 Å². The van der Waals surface area contributed by atoms with Crippen molar-refractivity contribution in [1.82, 2.24) is 4.90 Å². The fourth-order valence-electron chi connectivity index (χ4n) is 2.27. The van der Waals surface area contributed by atoms with Crippen LogP contribution in [0.15, 0.2) is 0 Å².